The molecule has 1 aromatic heterocycles. The maximum Gasteiger partial charge on any atom is 0.281 e. The number of fused-ring (bicyclic) bond motifs is 1. The Labute approximate surface area is 161 Å². The number of hydrogen-bond donors (Lipinski definition) is 1. The summed E-state index contributed by atoms with van der Waals surface area (Å²) < 4.78 is 1.48. The van der Waals surface area contributed by atoms with Gasteiger partial charge < -0.3 is 5.32 Å². The molecule has 0 amide bonds. The minimum atomic E-state index is -0.104. The fourth-order valence-corrected chi connectivity index (χ4v) is 2.99. The van der Waals surface area contributed by atoms with Crippen molar-refractivity contribution in [3.05, 3.63) is 64.6 Å². The molecule has 142 valence electrons. The summed E-state index contributed by atoms with van der Waals surface area (Å²) >= 11 is 0. The lowest BCUT2D eigenvalue weighted by atomic mass is 9.87. The molecule has 0 fully saturated rings. The Hall–Kier alpha value is -2.62. The molecule has 0 atom stereocenters. The molecule has 4 nitrogen and oxygen atoms in total. The number of hydrogen-bond acceptors (Lipinski definition) is 3. The molecular formula is C23H29N3O. The van der Waals surface area contributed by atoms with Crippen molar-refractivity contribution in [1.82, 2.24) is 9.78 Å². The maximum absolute atomic E-state index is 13.2. The molecule has 4 heteroatoms. The van der Waals surface area contributed by atoms with Crippen molar-refractivity contribution < 1.29 is 0 Å². The fourth-order valence-electron chi connectivity index (χ4n) is 2.99. The average molecular weight is 364 g/mol. The van der Waals surface area contributed by atoms with Crippen LogP contribution < -0.4 is 10.9 Å². The van der Waals surface area contributed by atoms with E-state index >= 15 is 0 Å². The van der Waals surface area contributed by atoms with E-state index in [4.69, 9.17) is 0 Å². The molecule has 0 saturated heterocycles. The maximum atomic E-state index is 13.2. The second-order valence-electron chi connectivity index (χ2n) is 9.34. The molecule has 0 aliphatic rings. The minimum absolute atomic E-state index is 0.0738. The molecule has 2 aromatic carbocycles. The zero-order valence-corrected chi connectivity index (χ0v) is 17.1. The van der Waals surface area contributed by atoms with Crippen molar-refractivity contribution in [2.45, 2.75) is 47.0 Å². The predicted octanol–water partition coefficient (Wildman–Crippen LogP) is 5.14. The minimum Gasteiger partial charge on any atom is -0.384 e. The van der Waals surface area contributed by atoms with Crippen molar-refractivity contribution >= 4 is 16.5 Å². The zero-order chi connectivity index (χ0) is 19.8. The highest BCUT2D eigenvalue weighted by Crippen LogP contribution is 2.24. The lowest BCUT2D eigenvalue weighted by molar-refractivity contribution is 0.443. The van der Waals surface area contributed by atoms with Crippen LogP contribution in [0.4, 0.5) is 5.69 Å². The first-order valence-corrected chi connectivity index (χ1v) is 9.42. The molecule has 0 aliphatic carbocycles. The van der Waals surface area contributed by atoms with Crippen LogP contribution in [0, 0.1) is 5.41 Å². The van der Waals surface area contributed by atoms with E-state index in [1.54, 1.807) is 6.20 Å². The van der Waals surface area contributed by atoms with Crippen LogP contribution in [0.15, 0.2) is 53.5 Å². The first-order valence-electron chi connectivity index (χ1n) is 9.42. The van der Waals surface area contributed by atoms with Gasteiger partial charge in [0, 0.05) is 17.6 Å². The van der Waals surface area contributed by atoms with Crippen LogP contribution in [0.1, 0.15) is 47.1 Å². The Bertz CT molecular complexity index is 1000. The van der Waals surface area contributed by atoms with Gasteiger partial charge in [-0.2, -0.15) is 9.78 Å². The summed E-state index contributed by atoms with van der Waals surface area (Å²) in [5, 5.41) is 9.36. The molecule has 3 rings (SSSR count). The van der Waals surface area contributed by atoms with E-state index in [0.717, 1.165) is 23.3 Å². The van der Waals surface area contributed by atoms with Gasteiger partial charge in [0.05, 0.1) is 17.3 Å². The van der Waals surface area contributed by atoms with E-state index in [0.29, 0.717) is 5.39 Å². The number of rotatable bonds is 3. The molecule has 0 bridgehead atoms. The topological polar surface area (TPSA) is 46.9 Å². The van der Waals surface area contributed by atoms with Crippen LogP contribution in [0.2, 0.25) is 0 Å². The predicted molar refractivity (Wildman–Crippen MR) is 114 cm³/mol. The molecule has 0 aliphatic heterocycles. The Balaban J connectivity index is 2.08. The first kappa shape index (κ1) is 19.2. The van der Waals surface area contributed by atoms with Crippen LogP contribution in [0.3, 0.4) is 0 Å². The molecule has 1 heterocycles. The lowest BCUT2D eigenvalue weighted by Crippen LogP contribution is -2.24. The third-order valence-electron chi connectivity index (χ3n) is 4.60. The largest absolute Gasteiger partial charge is 0.384 e. The zero-order valence-electron chi connectivity index (χ0n) is 17.1. The standard InChI is InChI=1S/C23H29N3O/c1-22(2,3)15-24-19-9-7-8-16-14-25-26(21(27)20(16)19)18-12-10-17(11-13-18)23(4,5)6/h7-14,24H,15H2,1-6H3. The van der Waals surface area contributed by atoms with Crippen LogP contribution >= 0.6 is 0 Å². The van der Waals surface area contributed by atoms with Gasteiger partial charge in [0.15, 0.2) is 0 Å². The van der Waals surface area contributed by atoms with Gasteiger partial charge in [0.25, 0.3) is 5.56 Å². The normalized spacial score (nSPS) is 12.4. The molecule has 3 aromatic rings. The van der Waals surface area contributed by atoms with E-state index < -0.39 is 0 Å². The molecular weight excluding hydrogens is 334 g/mol. The van der Waals surface area contributed by atoms with Crippen molar-refractivity contribution in [2.24, 2.45) is 5.41 Å². The quantitative estimate of drug-likeness (QED) is 0.701. The van der Waals surface area contributed by atoms with E-state index in [9.17, 15) is 4.79 Å². The second-order valence-corrected chi connectivity index (χ2v) is 9.34. The average Bonchev–Trinajstić information content (AvgIpc) is 2.59. The summed E-state index contributed by atoms with van der Waals surface area (Å²) in [5.74, 6) is 0. The van der Waals surface area contributed by atoms with Crippen LogP contribution in [0.5, 0.6) is 0 Å². The van der Waals surface area contributed by atoms with Crippen molar-refractivity contribution in [3.63, 3.8) is 0 Å². The van der Waals surface area contributed by atoms with Gasteiger partial charge in [-0.1, -0.05) is 65.8 Å². The lowest BCUT2D eigenvalue weighted by Gasteiger charge is -2.20. The number of anilines is 1. The Morgan fingerprint density at radius 1 is 0.963 bits per heavy atom. The van der Waals surface area contributed by atoms with Gasteiger partial charge in [0.2, 0.25) is 0 Å². The summed E-state index contributed by atoms with van der Waals surface area (Å²) in [4.78, 5) is 13.2. The van der Waals surface area contributed by atoms with Gasteiger partial charge in [-0.3, -0.25) is 4.79 Å². The summed E-state index contributed by atoms with van der Waals surface area (Å²) in [6.45, 7) is 13.8. The number of aromatic nitrogens is 2. The number of nitrogens with one attached hydrogen (secondary N) is 1. The van der Waals surface area contributed by atoms with Gasteiger partial charge in [-0.15, -0.1) is 0 Å². The van der Waals surface area contributed by atoms with Crippen LogP contribution in [-0.2, 0) is 5.41 Å². The number of nitrogens with zero attached hydrogens (tertiary/aromatic N) is 2. The highest BCUT2D eigenvalue weighted by molar-refractivity contribution is 5.92. The van der Waals surface area contributed by atoms with E-state index in [-0.39, 0.29) is 16.4 Å². The Kier molecular flexibility index (Phi) is 4.85. The van der Waals surface area contributed by atoms with Gasteiger partial charge in [0.1, 0.15) is 0 Å². The highest BCUT2D eigenvalue weighted by Gasteiger charge is 2.16. The number of benzene rings is 2. The van der Waals surface area contributed by atoms with Gasteiger partial charge in [-0.05, 0) is 34.6 Å². The monoisotopic (exact) mass is 363 g/mol. The van der Waals surface area contributed by atoms with E-state index in [1.807, 2.05) is 30.3 Å². The van der Waals surface area contributed by atoms with Gasteiger partial charge >= 0.3 is 0 Å². The fraction of sp³-hybridized carbons (Fsp3) is 0.391. The van der Waals surface area contributed by atoms with E-state index in [2.05, 4.69) is 64.1 Å². The Morgan fingerprint density at radius 2 is 1.63 bits per heavy atom. The third kappa shape index (κ3) is 4.21. The van der Waals surface area contributed by atoms with Crippen molar-refractivity contribution in [3.8, 4) is 5.69 Å². The van der Waals surface area contributed by atoms with Crippen molar-refractivity contribution in [2.75, 3.05) is 11.9 Å². The summed E-state index contributed by atoms with van der Waals surface area (Å²) in [5.41, 5.74) is 2.96. The molecule has 0 spiro atoms. The summed E-state index contributed by atoms with van der Waals surface area (Å²) in [7, 11) is 0. The molecule has 0 radical (unpaired) electrons. The molecule has 0 saturated carbocycles. The van der Waals surface area contributed by atoms with Gasteiger partial charge in [-0.25, -0.2) is 0 Å². The molecule has 27 heavy (non-hydrogen) atoms. The molecule has 1 N–H and O–H groups in total. The SMILES string of the molecule is CC(C)(C)CNc1cccc2cnn(-c3ccc(C(C)(C)C)cc3)c(=O)c12. The molecule has 0 unspecified atom stereocenters. The smallest absolute Gasteiger partial charge is 0.281 e. The second kappa shape index (κ2) is 6.84. The van der Waals surface area contributed by atoms with Crippen LogP contribution in [-0.4, -0.2) is 16.3 Å². The van der Waals surface area contributed by atoms with Crippen molar-refractivity contribution in [1.29, 1.82) is 0 Å². The third-order valence-corrected chi connectivity index (χ3v) is 4.60. The first-order chi connectivity index (χ1) is 12.6. The van der Waals surface area contributed by atoms with Crippen LogP contribution in [0.25, 0.3) is 16.5 Å². The highest BCUT2D eigenvalue weighted by atomic mass is 16.1. The Morgan fingerprint density at radius 3 is 2.22 bits per heavy atom. The summed E-state index contributed by atoms with van der Waals surface area (Å²) in [6.07, 6.45) is 1.76. The van der Waals surface area contributed by atoms with E-state index in [1.165, 1.54) is 10.2 Å². The summed E-state index contributed by atoms with van der Waals surface area (Å²) in [6, 6.07) is 13.9.